The fourth-order valence-corrected chi connectivity index (χ4v) is 7.83. The van der Waals surface area contributed by atoms with Crippen LogP contribution in [0.2, 0.25) is 12.1 Å². The average Bonchev–Trinajstić information content (AvgIpc) is 2.93. The lowest BCUT2D eigenvalue weighted by molar-refractivity contribution is 0.0665. The lowest BCUT2D eigenvalue weighted by Gasteiger charge is -2.39. The fraction of sp³-hybridized carbons (Fsp3) is 0.567. The van der Waals surface area contributed by atoms with Gasteiger partial charge in [-0.05, 0) is 87.6 Å². The van der Waals surface area contributed by atoms with E-state index in [2.05, 4.69) is 73.3 Å². The molecule has 0 amide bonds. The maximum atomic E-state index is 14.4. The molecular formula is C30H43N2O3Si. The number of ketones is 1. The molecule has 2 heterocycles. The molecule has 2 aliphatic rings. The van der Waals surface area contributed by atoms with Crippen molar-refractivity contribution >= 4 is 20.5 Å². The van der Waals surface area contributed by atoms with Crippen LogP contribution in [0.25, 0.3) is 0 Å². The third kappa shape index (κ3) is 6.46. The number of hydrogen-bond acceptors (Lipinski definition) is 5. The molecule has 2 saturated heterocycles. The van der Waals surface area contributed by atoms with Crippen LogP contribution in [0.3, 0.4) is 0 Å². The van der Waals surface area contributed by atoms with Crippen molar-refractivity contribution in [3.05, 3.63) is 65.2 Å². The molecule has 0 N–H and O–H groups in total. The average molecular weight is 508 g/mol. The Morgan fingerprint density at radius 3 is 2.50 bits per heavy atom. The maximum Gasteiger partial charge on any atom is 0.211 e. The van der Waals surface area contributed by atoms with E-state index >= 15 is 0 Å². The number of carbonyl (C=O) groups is 1. The summed E-state index contributed by atoms with van der Waals surface area (Å²) >= 11 is 0. The molecular weight excluding hydrogens is 464 g/mol. The number of Topliss-reactive ketones (excluding diaryl/α,β-unsaturated/α-hetero) is 1. The predicted octanol–water partition coefficient (Wildman–Crippen LogP) is 5.39. The Balaban J connectivity index is 1.62. The zero-order valence-corrected chi connectivity index (χ0v) is 23.4. The van der Waals surface area contributed by atoms with Crippen LogP contribution in [0.4, 0.5) is 5.69 Å². The first-order chi connectivity index (χ1) is 17.5. The van der Waals surface area contributed by atoms with Crippen LogP contribution in [-0.2, 0) is 22.0 Å². The fourth-order valence-electron chi connectivity index (χ4n) is 5.64. The summed E-state index contributed by atoms with van der Waals surface area (Å²) in [7, 11) is 3.42. The highest BCUT2D eigenvalue weighted by atomic mass is 28.3. The second kappa shape index (κ2) is 13.0. The number of morpholine rings is 1. The molecule has 0 spiro atoms. The van der Waals surface area contributed by atoms with Crippen molar-refractivity contribution in [2.24, 2.45) is 0 Å². The topological polar surface area (TPSA) is 42.0 Å². The smallest absolute Gasteiger partial charge is 0.211 e. The monoisotopic (exact) mass is 507 g/mol. The molecule has 2 aromatic carbocycles. The van der Waals surface area contributed by atoms with Gasteiger partial charge < -0.3 is 14.1 Å². The molecule has 5 nitrogen and oxygen atoms in total. The van der Waals surface area contributed by atoms with Gasteiger partial charge in [0.2, 0.25) is 9.04 Å². The van der Waals surface area contributed by atoms with Crippen LogP contribution < -0.4 is 4.90 Å². The summed E-state index contributed by atoms with van der Waals surface area (Å²) in [6, 6.07) is 19.4. The number of benzene rings is 2. The molecule has 0 aromatic heterocycles. The molecule has 195 valence electrons. The zero-order valence-electron chi connectivity index (χ0n) is 22.4. The molecule has 2 fully saturated rings. The molecule has 4 rings (SSSR count). The van der Waals surface area contributed by atoms with Gasteiger partial charge in [0.1, 0.15) is 0 Å². The maximum absolute atomic E-state index is 14.4. The van der Waals surface area contributed by atoms with Crippen LogP contribution in [0.5, 0.6) is 0 Å². The van der Waals surface area contributed by atoms with E-state index in [4.69, 9.17) is 9.16 Å². The molecule has 36 heavy (non-hydrogen) atoms. The molecule has 1 atom stereocenters. The Labute approximate surface area is 219 Å². The number of aryl methyl sites for hydroxylation is 1. The summed E-state index contributed by atoms with van der Waals surface area (Å²) in [5.74, 6) is 0.241. The van der Waals surface area contributed by atoms with Gasteiger partial charge in [-0.2, -0.15) is 0 Å². The van der Waals surface area contributed by atoms with E-state index < -0.39 is 14.6 Å². The van der Waals surface area contributed by atoms with Gasteiger partial charge in [0.05, 0.1) is 18.8 Å². The van der Waals surface area contributed by atoms with Gasteiger partial charge >= 0.3 is 0 Å². The minimum Gasteiger partial charge on any atom is -0.417 e. The summed E-state index contributed by atoms with van der Waals surface area (Å²) in [6.45, 7) is 6.40. The number of anilines is 1. The Hall–Kier alpha value is -1.99. The minimum absolute atomic E-state index is 0.241. The summed E-state index contributed by atoms with van der Waals surface area (Å²) in [6.07, 6.45) is 6.00. The number of carbonyl (C=O) groups excluding carboxylic acids is 1. The summed E-state index contributed by atoms with van der Waals surface area (Å²) in [4.78, 5) is 19.0. The van der Waals surface area contributed by atoms with Crippen LogP contribution >= 0.6 is 0 Å². The van der Waals surface area contributed by atoms with Crippen molar-refractivity contribution in [3.8, 4) is 0 Å². The van der Waals surface area contributed by atoms with Crippen molar-refractivity contribution in [1.29, 1.82) is 0 Å². The zero-order chi connectivity index (χ0) is 25.4. The van der Waals surface area contributed by atoms with Gasteiger partial charge in [0, 0.05) is 30.9 Å². The van der Waals surface area contributed by atoms with Gasteiger partial charge in [-0.25, -0.2) is 0 Å². The van der Waals surface area contributed by atoms with Gasteiger partial charge in [0.15, 0.2) is 5.78 Å². The second-order valence-corrected chi connectivity index (χ2v) is 12.8. The first kappa shape index (κ1) is 27.1. The number of rotatable bonds is 11. The van der Waals surface area contributed by atoms with Gasteiger partial charge in [-0.3, -0.25) is 9.69 Å². The molecule has 1 unspecified atom stereocenters. The Bertz CT molecular complexity index is 971. The SMILES string of the molecule is CCC(Cc1ccccc1)(C(=O)c1ccc(N2CCOCC2)cc1CCC[Si]1CCCCO1)N(C)C. The highest BCUT2D eigenvalue weighted by molar-refractivity contribution is 6.51. The lowest BCUT2D eigenvalue weighted by Crippen LogP contribution is -2.52. The third-order valence-corrected chi connectivity index (χ3v) is 10.4. The number of hydrogen-bond donors (Lipinski definition) is 0. The lowest BCUT2D eigenvalue weighted by atomic mass is 9.78. The Kier molecular flexibility index (Phi) is 9.77. The Morgan fingerprint density at radius 1 is 1.06 bits per heavy atom. The first-order valence-electron chi connectivity index (χ1n) is 13.7. The number of ether oxygens (including phenoxy) is 1. The van der Waals surface area contributed by atoms with Crippen LogP contribution in [0, 0.1) is 0 Å². The summed E-state index contributed by atoms with van der Waals surface area (Å²) in [5.41, 5.74) is 3.92. The van der Waals surface area contributed by atoms with E-state index in [0.717, 1.165) is 63.8 Å². The van der Waals surface area contributed by atoms with Crippen LogP contribution in [0.1, 0.15) is 54.1 Å². The molecule has 0 bridgehead atoms. The van der Waals surface area contributed by atoms with Crippen molar-refractivity contribution < 1.29 is 14.0 Å². The van der Waals surface area contributed by atoms with Crippen molar-refractivity contribution in [2.75, 3.05) is 51.9 Å². The van der Waals surface area contributed by atoms with Gasteiger partial charge in [0.25, 0.3) is 0 Å². The predicted molar refractivity (Wildman–Crippen MR) is 150 cm³/mol. The molecule has 2 aliphatic heterocycles. The van der Waals surface area contributed by atoms with E-state index in [1.54, 1.807) is 0 Å². The van der Waals surface area contributed by atoms with E-state index in [-0.39, 0.29) is 5.78 Å². The molecule has 6 heteroatoms. The highest BCUT2D eigenvalue weighted by Crippen LogP contribution is 2.32. The highest BCUT2D eigenvalue weighted by Gasteiger charge is 2.40. The van der Waals surface area contributed by atoms with Crippen molar-refractivity contribution in [3.63, 3.8) is 0 Å². The van der Waals surface area contributed by atoms with Gasteiger partial charge in [-0.1, -0.05) is 43.7 Å². The molecule has 2 aromatic rings. The van der Waals surface area contributed by atoms with Crippen molar-refractivity contribution in [1.82, 2.24) is 4.90 Å². The van der Waals surface area contributed by atoms with Gasteiger partial charge in [-0.15, -0.1) is 0 Å². The number of likely N-dealkylation sites (N-methyl/N-ethyl adjacent to an activating group) is 1. The Morgan fingerprint density at radius 2 is 1.83 bits per heavy atom. The second-order valence-electron chi connectivity index (χ2n) is 10.4. The van der Waals surface area contributed by atoms with E-state index in [1.165, 1.54) is 35.7 Å². The quantitative estimate of drug-likeness (QED) is 0.301. The number of nitrogens with zero attached hydrogens (tertiary/aromatic N) is 2. The van der Waals surface area contributed by atoms with Crippen molar-refractivity contribution in [2.45, 2.75) is 63.1 Å². The standard InChI is InChI=1S/C30H43N2O3Si/c1-4-30(31(2)3,24-25-11-6-5-7-12-25)29(33)28-15-14-27(32-16-19-34-20-17-32)23-26(28)13-10-22-36-21-9-8-18-35-36/h5-7,11-12,14-15,23H,4,8-10,13,16-22,24H2,1-3H3. The minimum atomic E-state index is -0.686. The molecule has 0 saturated carbocycles. The van der Waals surface area contributed by atoms with Crippen LogP contribution in [0.15, 0.2) is 48.5 Å². The normalized spacial score (nSPS) is 18.8. The summed E-state index contributed by atoms with van der Waals surface area (Å²) < 4.78 is 11.7. The van der Waals surface area contributed by atoms with E-state index in [0.29, 0.717) is 6.42 Å². The largest absolute Gasteiger partial charge is 0.417 e. The van der Waals surface area contributed by atoms with E-state index in [1.807, 2.05) is 6.07 Å². The molecule has 0 aliphatic carbocycles. The molecule has 1 radical (unpaired) electrons. The third-order valence-electron chi connectivity index (χ3n) is 7.97. The van der Waals surface area contributed by atoms with E-state index in [9.17, 15) is 4.79 Å². The van der Waals surface area contributed by atoms with Crippen LogP contribution in [-0.4, -0.2) is 72.3 Å². The first-order valence-corrected chi connectivity index (χ1v) is 15.5. The summed E-state index contributed by atoms with van der Waals surface area (Å²) in [5, 5.41) is 0.